The zero-order valence-electron chi connectivity index (χ0n) is 14.3. The molecule has 124 valence electrons. The highest BCUT2D eigenvalue weighted by molar-refractivity contribution is 5.85. The second kappa shape index (κ2) is 14.2. The Balaban J connectivity index is 3.64. The fourth-order valence-corrected chi connectivity index (χ4v) is 2.89. The zero-order chi connectivity index (χ0) is 15.9. The van der Waals surface area contributed by atoms with E-state index in [0.717, 1.165) is 6.42 Å². The number of aliphatic carboxylic acids is 1. The summed E-state index contributed by atoms with van der Waals surface area (Å²) in [5, 5.41) is 8.86. The monoisotopic (exact) mass is 296 g/mol. The molecule has 0 aliphatic heterocycles. The molecular formula is C19H36O2. The molecule has 0 aliphatic rings. The largest absolute Gasteiger partial charge is 0.478 e. The molecule has 1 N–H and O–H groups in total. The van der Waals surface area contributed by atoms with Gasteiger partial charge in [0.25, 0.3) is 0 Å². The first-order chi connectivity index (χ1) is 10.1. The number of carbonyl (C=O) groups is 1. The van der Waals surface area contributed by atoms with Crippen LogP contribution in [0.25, 0.3) is 0 Å². The van der Waals surface area contributed by atoms with E-state index in [1.165, 1.54) is 70.6 Å². The van der Waals surface area contributed by atoms with E-state index < -0.39 is 5.97 Å². The van der Waals surface area contributed by atoms with Crippen LogP contribution in [0.2, 0.25) is 0 Å². The van der Waals surface area contributed by atoms with Crippen LogP contribution in [0.4, 0.5) is 0 Å². The van der Waals surface area contributed by atoms with Crippen LogP contribution < -0.4 is 0 Å². The van der Waals surface area contributed by atoms with Gasteiger partial charge in [0.05, 0.1) is 0 Å². The van der Waals surface area contributed by atoms with Crippen LogP contribution in [0.15, 0.2) is 12.2 Å². The summed E-state index contributed by atoms with van der Waals surface area (Å²) in [6.45, 7) is 8.10. The van der Waals surface area contributed by atoms with Gasteiger partial charge in [-0.15, -0.1) is 0 Å². The summed E-state index contributed by atoms with van der Waals surface area (Å²) in [6.07, 6.45) is 16.2. The van der Waals surface area contributed by atoms with Gasteiger partial charge >= 0.3 is 5.97 Å². The van der Waals surface area contributed by atoms with E-state index in [1.807, 2.05) is 0 Å². The van der Waals surface area contributed by atoms with Gasteiger partial charge in [-0.1, -0.05) is 91.1 Å². The molecule has 1 atom stereocenters. The molecule has 0 amide bonds. The standard InChI is InChI=1S/C19H36O2/c1-4-6-7-8-9-10-11-12-14-18(13-5-2)16-15-17(3)19(20)21/h18H,3-16H2,1-2H3,(H,20,21). The van der Waals surface area contributed by atoms with Crippen LogP contribution in [0.3, 0.4) is 0 Å². The Hall–Kier alpha value is -0.790. The lowest BCUT2D eigenvalue weighted by Gasteiger charge is -2.16. The fourth-order valence-electron chi connectivity index (χ4n) is 2.89. The average molecular weight is 296 g/mol. The molecule has 0 fully saturated rings. The second-order valence-electron chi connectivity index (χ2n) is 6.37. The normalized spacial score (nSPS) is 12.3. The van der Waals surface area contributed by atoms with Crippen molar-refractivity contribution in [3.63, 3.8) is 0 Å². The molecule has 0 heterocycles. The van der Waals surface area contributed by atoms with Crippen molar-refractivity contribution in [2.24, 2.45) is 5.92 Å². The van der Waals surface area contributed by atoms with Gasteiger partial charge < -0.3 is 5.11 Å². The lowest BCUT2D eigenvalue weighted by atomic mass is 9.90. The van der Waals surface area contributed by atoms with Crippen molar-refractivity contribution in [1.82, 2.24) is 0 Å². The molecule has 1 unspecified atom stereocenters. The molecule has 0 saturated heterocycles. The first-order valence-corrected chi connectivity index (χ1v) is 9.02. The molecule has 0 radical (unpaired) electrons. The van der Waals surface area contributed by atoms with Crippen LogP contribution >= 0.6 is 0 Å². The Bertz CT molecular complexity index is 271. The van der Waals surface area contributed by atoms with E-state index in [2.05, 4.69) is 20.4 Å². The highest BCUT2D eigenvalue weighted by atomic mass is 16.4. The minimum Gasteiger partial charge on any atom is -0.478 e. The maximum absolute atomic E-state index is 10.8. The first kappa shape index (κ1) is 20.2. The summed E-state index contributed by atoms with van der Waals surface area (Å²) in [7, 11) is 0. The van der Waals surface area contributed by atoms with Crippen molar-refractivity contribution < 1.29 is 9.90 Å². The molecule has 0 aromatic carbocycles. The third-order valence-electron chi connectivity index (χ3n) is 4.32. The van der Waals surface area contributed by atoms with Crippen molar-refractivity contribution in [2.45, 2.75) is 97.3 Å². The summed E-state index contributed by atoms with van der Waals surface area (Å²) in [5.41, 5.74) is 0.368. The van der Waals surface area contributed by atoms with Gasteiger partial charge in [0.1, 0.15) is 0 Å². The molecule has 2 nitrogen and oxygen atoms in total. The molecule has 2 heteroatoms. The van der Waals surface area contributed by atoms with E-state index in [0.29, 0.717) is 17.9 Å². The minimum atomic E-state index is -0.836. The third kappa shape index (κ3) is 12.6. The van der Waals surface area contributed by atoms with Crippen LogP contribution in [0.5, 0.6) is 0 Å². The van der Waals surface area contributed by atoms with Crippen molar-refractivity contribution >= 4 is 5.97 Å². The molecule has 21 heavy (non-hydrogen) atoms. The molecule has 0 aromatic heterocycles. The Morgan fingerprint density at radius 1 is 0.857 bits per heavy atom. The number of carboxylic acids is 1. The van der Waals surface area contributed by atoms with Crippen LogP contribution in [0, 0.1) is 5.92 Å². The van der Waals surface area contributed by atoms with Gasteiger partial charge in [-0.25, -0.2) is 4.79 Å². The summed E-state index contributed by atoms with van der Waals surface area (Å²) >= 11 is 0. The topological polar surface area (TPSA) is 37.3 Å². The van der Waals surface area contributed by atoms with Crippen LogP contribution in [-0.4, -0.2) is 11.1 Å². The van der Waals surface area contributed by atoms with Gasteiger partial charge in [-0.2, -0.15) is 0 Å². The summed E-state index contributed by atoms with van der Waals surface area (Å²) in [4.78, 5) is 10.8. The van der Waals surface area contributed by atoms with Crippen molar-refractivity contribution in [2.75, 3.05) is 0 Å². The Kier molecular flexibility index (Phi) is 13.6. The fraction of sp³-hybridized carbons (Fsp3) is 0.842. The van der Waals surface area contributed by atoms with Gasteiger partial charge in [0.2, 0.25) is 0 Å². The predicted molar refractivity (Wildman–Crippen MR) is 91.6 cm³/mol. The molecule has 0 rings (SSSR count). The van der Waals surface area contributed by atoms with E-state index >= 15 is 0 Å². The lowest BCUT2D eigenvalue weighted by Crippen LogP contribution is -2.05. The molecule has 0 aromatic rings. The van der Waals surface area contributed by atoms with Gasteiger partial charge in [-0.3, -0.25) is 0 Å². The Morgan fingerprint density at radius 2 is 1.43 bits per heavy atom. The SMILES string of the molecule is C=C(CCC(CCC)CCCCCCCCCC)C(=O)O. The zero-order valence-corrected chi connectivity index (χ0v) is 14.3. The third-order valence-corrected chi connectivity index (χ3v) is 4.32. The number of hydrogen-bond acceptors (Lipinski definition) is 1. The quantitative estimate of drug-likeness (QED) is 0.282. The maximum Gasteiger partial charge on any atom is 0.330 e. The number of hydrogen-bond donors (Lipinski definition) is 1. The molecule has 0 spiro atoms. The second-order valence-corrected chi connectivity index (χ2v) is 6.37. The van der Waals surface area contributed by atoms with Crippen molar-refractivity contribution in [1.29, 1.82) is 0 Å². The van der Waals surface area contributed by atoms with Crippen LogP contribution in [0.1, 0.15) is 97.3 Å². The molecule has 0 aliphatic carbocycles. The van der Waals surface area contributed by atoms with Crippen LogP contribution in [-0.2, 0) is 4.79 Å². The Morgan fingerprint density at radius 3 is 1.95 bits per heavy atom. The predicted octanol–water partition coefficient (Wildman–Crippen LogP) is 6.35. The first-order valence-electron chi connectivity index (χ1n) is 9.02. The lowest BCUT2D eigenvalue weighted by molar-refractivity contribution is -0.132. The minimum absolute atomic E-state index is 0.368. The summed E-state index contributed by atoms with van der Waals surface area (Å²) in [6, 6.07) is 0. The highest BCUT2D eigenvalue weighted by Crippen LogP contribution is 2.23. The summed E-state index contributed by atoms with van der Waals surface area (Å²) < 4.78 is 0. The van der Waals surface area contributed by atoms with E-state index in [4.69, 9.17) is 5.11 Å². The molecule has 0 bridgehead atoms. The van der Waals surface area contributed by atoms with Gasteiger partial charge in [-0.05, 0) is 18.8 Å². The Labute approximate surface area is 132 Å². The summed E-state index contributed by atoms with van der Waals surface area (Å²) in [5.74, 6) is -0.150. The van der Waals surface area contributed by atoms with E-state index in [9.17, 15) is 4.79 Å². The number of unbranched alkanes of at least 4 members (excludes halogenated alkanes) is 7. The average Bonchev–Trinajstić information content (AvgIpc) is 2.46. The van der Waals surface area contributed by atoms with Gasteiger partial charge in [0, 0.05) is 5.57 Å². The molecular weight excluding hydrogens is 260 g/mol. The van der Waals surface area contributed by atoms with E-state index in [1.54, 1.807) is 0 Å². The van der Waals surface area contributed by atoms with E-state index in [-0.39, 0.29) is 0 Å². The number of carboxylic acid groups (broad SMARTS) is 1. The smallest absolute Gasteiger partial charge is 0.330 e. The number of rotatable bonds is 15. The molecule has 0 saturated carbocycles. The van der Waals surface area contributed by atoms with Gasteiger partial charge in [0.15, 0.2) is 0 Å². The maximum atomic E-state index is 10.8. The highest BCUT2D eigenvalue weighted by Gasteiger charge is 2.11. The van der Waals surface area contributed by atoms with Crippen molar-refractivity contribution in [3.05, 3.63) is 12.2 Å². The van der Waals surface area contributed by atoms with Crippen molar-refractivity contribution in [3.8, 4) is 0 Å².